The van der Waals surface area contributed by atoms with Gasteiger partial charge in [0, 0.05) is 45.2 Å². The molecule has 0 radical (unpaired) electrons. The first kappa shape index (κ1) is 24.8. The Bertz CT molecular complexity index is 1290. The maximum atomic E-state index is 13.1. The molecule has 2 aliphatic heterocycles. The molecule has 0 N–H and O–H groups in total. The van der Waals surface area contributed by atoms with Crippen LogP contribution in [0, 0.1) is 0 Å². The highest BCUT2D eigenvalue weighted by atomic mass is 35.5. The number of carbonyl (C=O) groups is 2. The van der Waals surface area contributed by atoms with Gasteiger partial charge in [-0.25, -0.2) is 0 Å². The lowest BCUT2D eigenvalue weighted by atomic mass is 10.1. The SMILES string of the molecule is CC(=O)N(CC(=O)N1CCCN(c2ccc(-c3ccccc3Cl)nn2)CC1)Cc1ccc2c(c1)OCO2. The third-order valence-electron chi connectivity index (χ3n) is 6.55. The van der Waals surface area contributed by atoms with E-state index in [9.17, 15) is 9.59 Å². The Balaban J connectivity index is 1.19. The van der Waals surface area contributed by atoms with E-state index >= 15 is 0 Å². The van der Waals surface area contributed by atoms with Gasteiger partial charge in [0.2, 0.25) is 18.6 Å². The number of halogens is 1. The lowest BCUT2D eigenvalue weighted by Crippen LogP contribution is -2.43. The number of carbonyl (C=O) groups excluding carboxylic acids is 2. The van der Waals surface area contributed by atoms with Crippen molar-refractivity contribution in [1.29, 1.82) is 0 Å². The number of hydrogen-bond acceptors (Lipinski definition) is 7. The second-order valence-electron chi connectivity index (χ2n) is 9.04. The fourth-order valence-corrected chi connectivity index (χ4v) is 4.74. The molecule has 2 aromatic carbocycles. The summed E-state index contributed by atoms with van der Waals surface area (Å²) < 4.78 is 10.8. The lowest BCUT2D eigenvalue weighted by Gasteiger charge is -2.26. The van der Waals surface area contributed by atoms with Crippen LogP contribution < -0.4 is 14.4 Å². The minimum Gasteiger partial charge on any atom is -0.454 e. The fraction of sp³-hybridized carbons (Fsp3) is 0.333. The van der Waals surface area contributed by atoms with Crippen LogP contribution in [0.5, 0.6) is 11.5 Å². The zero-order valence-corrected chi connectivity index (χ0v) is 21.4. The maximum absolute atomic E-state index is 13.1. The molecule has 0 atom stereocenters. The van der Waals surface area contributed by atoms with Crippen LogP contribution in [0.1, 0.15) is 18.9 Å². The summed E-state index contributed by atoms with van der Waals surface area (Å²) in [5, 5.41) is 9.42. The van der Waals surface area contributed by atoms with Crippen molar-refractivity contribution in [1.82, 2.24) is 20.0 Å². The molecule has 3 aromatic rings. The number of benzene rings is 2. The summed E-state index contributed by atoms with van der Waals surface area (Å²) in [6.45, 7) is 4.58. The standard InChI is InChI=1S/C27H28ClN5O4/c1-19(34)33(16-20-7-9-24-25(15-20)37-18-36-24)17-27(35)32-12-4-11-31(13-14-32)26-10-8-23(29-30-26)21-5-2-3-6-22(21)28/h2-3,5-10,15H,4,11-14,16-18H2,1H3. The molecule has 3 heterocycles. The predicted octanol–water partition coefficient (Wildman–Crippen LogP) is 3.61. The predicted molar refractivity (Wildman–Crippen MR) is 140 cm³/mol. The number of aromatic nitrogens is 2. The molecule has 0 saturated carbocycles. The van der Waals surface area contributed by atoms with Gasteiger partial charge < -0.3 is 24.2 Å². The summed E-state index contributed by atoms with van der Waals surface area (Å²) in [6.07, 6.45) is 0.794. The summed E-state index contributed by atoms with van der Waals surface area (Å²) >= 11 is 6.29. The Morgan fingerprint density at radius 3 is 2.59 bits per heavy atom. The first-order chi connectivity index (χ1) is 18.0. The lowest BCUT2D eigenvalue weighted by molar-refractivity contribution is -0.139. The zero-order valence-electron chi connectivity index (χ0n) is 20.6. The molecule has 5 rings (SSSR count). The molecule has 2 amide bonds. The Morgan fingerprint density at radius 1 is 0.973 bits per heavy atom. The average molecular weight is 522 g/mol. The number of hydrogen-bond donors (Lipinski definition) is 0. The minimum atomic E-state index is -0.156. The van der Waals surface area contributed by atoms with Crippen LogP contribution in [0.25, 0.3) is 11.3 Å². The molecule has 1 fully saturated rings. The van der Waals surface area contributed by atoms with Crippen LogP contribution in [0.15, 0.2) is 54.6 Å². The van der Waals surface area contributed by atoms with Crippen molar-refractivity contribution >= 4 is 29.2 Å². The van der Waals surface area contributed by atoms with Crippen molar-refractivity contribution in [3.63, 3.8) is 0 Å². The molecular weight excluding hydrogens is 494 g/mol. The second kappa shape index (κ2) is 11.0. The fourth-order valence-electron chi connectivity index (χ4n) is 4.50. The van der Waals surface area contributed by atoms with Gasteiger partial charge in [-0.2, -0.15) is 0 Å². The molecule has 0 aliphatic carbocycles. The van der Waals surface area contributed by atoms with Gasteiger partial charge in [0.05, 0.1) is 10.7 Å². The Morgan fingerprint density at radius 2 is 1.81 bits per heavy atom. The Kier molecular flexibility index (Phi) is 7.41. The van der Waals surface area contributed by atoms with E-state index in [1.54, 1.807) is 4.90 Å². The third-order valence-corrected chi connectivity index (χ3v) is 6.88. The van der Waals surface area contributed by atoms with Crippen molar-refractivity contribution in [2.75, 3.05) is 44.4 Å². The average Bonchev–Trinajstić information content (AvgIpc) is 3.23. The summed E-state index contributed by atoms with van der Waals surface area (Å²) in [5.74, 6) is 1.88. The van der Waals surface area contributed by atoms with Crippen LogP contribution in [0.4, 0.5) is 5.82 Å². The van der Waals surface area contributed by atoms with Gasteiger partial charge in [-0.1, -0.05) is 35.9 Å². The van der Waals surface area contributed by atoms with Crippen molar-refractivity contribution in [3.8, 4) is 22.8 Å². The molecular formula is C27H28ClN5O4. The van der Waals surface area contributed by atoms with Crippen LogP contribution >= 0.6 is 11.6 Å². The Hall–Kier alpha value is -3.85. The van der Waals surface area contributed by atoms with Crippen LogP contribution in [-0.4, -0.2) is 71.3 Å². The van der Waals surface area contributed by atoms with Gasteiger partial charge in [0.1, 0.15) is 6.54 Å². The minimum absolute atomic E-state index is 0.0239. The summed E-state index contributed by atoms with van der Waals surface area (Å²) in [6, 6.07) is 17.0. The number of ether oxygens (including phenoxy) is 2. The molecule has 0 spiro atoms. The summed E-state index contributed by atoms with van der Waals surface area (Å²) in [4.78, 5) is 31.0. The van der Waals surface area contributed by atoms with Crippen molar-refractivity contribution in [2.24, 2.45) is 0 Å². The van der Waals surface area contributed by atoms with Gasteiger partial charge in [0.15, 0.2) is 17.3 Å². The summed E-state index contributed by atoms with van der Waals surface area (Å²) in [5.41, 5.74) is 2.44. The van der Waals surface area contributed by atoms with Crippen LogP contribution in [0.3, 0.4) is 0 Å². The molecule has 192 valence electrons. The topological polar surface area (TPSA) is 88.1 Å². The van der Waals surface area contributed by atoms with E-state index in [0.717, 1.165) is 29.9 Å². The van der Waals surface area contributed by atoms with Crippen LogP contribution in [-0.2, 0) is 16.1 Å². The van der Waals surface area contributed by atoms with Crippen molar-refractivity contribution in [3.05, 3.63) is 65.2 Å². The highest BCUT2D eigenvalue weighted by Crippen LogP contribution is 2.33. The maximum Gasteiger partial charge on any atom is 0.242 e. The molecule has 10 heteroatoms. The van der Waals surface area contributed by atoms with E-state index in [-0.39, 0.29) is 25.2 Å². The molecule has 1 aromatic heterocycles. The number of rotatable bonds is 6. The first-order valence-corrected chi connectivity index (χ1v) is 12.6. The second-order valence-corrected chi connectivity index (χ2v) is 9.45. The number of nitrogens with zero attached hydrogens (tertiary/aromatic N) is 5. The highest BCUT2D eigenvalue weighted by Gasteiger charge is 2.24. The van der Waals surface area contributed by atoms with E-state index in [2.05, 4.69) is 15.1 Å². The molecule has 1 saturated heterocycles. The number of anilines is 1. The highest BCUT2D eigenvalue weighted by molar-refractivity contribution is 6.33. The molecule has 9 nitrogen and oxygen atoms in total. The zero-order chi connectivity index (χ0) is 25.8. The number of fused-ring (bicyclic) bond motifs is 1. The third kappa shape index (κ3) is 5.77. The Labute approximate surface area is 220 Å². The quantitative estimate of drug-likeness (QED) is 0.489. The monoisotopic (exact) mass is 521 g/mol. The van der Waals surface area contributed by atoms with E-state index in [0.29, 0.717) is 48.4 Å². The molecule has 0 unspecified atom stereocenters. The summed E-state index contributed by atoms with van der Waals surface area (Å²) in [7, 11) is 0. The van der Waals surface area contributed by atoms with Gasteiger partial charge in [-0.15, -0.1) is 10.2 Å². The van der Waals surface area contributed by atoms with Crippen molar-refractivity contribution in [2.45, 2.75) is 19.9 Å². The van der Waals surface area contributed by atoms with E-state index in [1.807, 2.05) is 59.5 Å². The molecule has 2 aliphatic rings. The largest absolute Gasteiger partial charge is 0.454 e. The van der Waals surface area contributed by atoms with Crippen molar-refractivity contribution < 1.29 is 19.1 Å². The smallest absolute Gasteiger partial charge is 0.242 e. The van der Waals surface area contributed by atoms with Gasteiger partial charge in [-0.3, -0.25) is 9.59 Å². The van der Waals surface area contributed by atoms with E-state index < -0.39 is 0 Å². The first-order valence-electron chi connectivity index (χ1n) is 12.2. The van der Waals surface area contributed by atoms with E-state index in [4.69, 9.17) is 21.1 Å². The number of amides is 2. The molecule has 0 bridgehead atoms. The van der Waals surface area contributed by atoms with Gasteiger partial charge >= 0.3 is 0 Å². The van der Waals surface area contributed by atoms with Crippen LogP contribution in [0.2, 0.25) is 5.02 Å². The van der Waals surface area contributed by atoms with Gasteiger partial charge in [0.25, 0.3) is 0 Å². The van der Waals surface area contributed by atoms with E-state index in [1.165, 1.54) is 6.92 Å². The van der Waals surface area contributed by atoms with Gasteiger partial charge in [-0.05, 0) is 42.3 Å². The molecule has 37 heavy (non-hydrogen) atoms. The normalized spacial score (nSPS) is 14.9.